The van der Waals surface area contributed by atoms with E-state index >= 15 is 0 Å². The number of hydrogen-bond donors (Lipinski definition) is 1. The average Bonchev–Trinajstić information content (AvgIpc) is 2.30. The molecular weight excluding hydrogens is 201 g/mol. The largest absolute Gasteiger partial charge is 0.481 e. The summed E-state index contributed by atoms with van der Waals surface area (Å²) in [6, 6.07) is 0. The molecule has 0 aliphatic rings. The van der Waals surface area contributed by atoms with Gasteiger partial charge in [0.15, 0.2) is 0 Å². The summed E-state index contributed by atoms with van der Waals surface area (Å²) in [5, 5.41) is 8.34. The Balaban J connectivity index is 2.64. The third kappa shape index (κ3) is 3.46. The Kier molecular flexibility index (Phi) is 2.78. The van der Waals surface area contributed by atoms with Crippen molar-refractivity contribution in [3.05, 3.63) is 18.2 Å². The summed E-state index contributed by atoms with van der Waals surface area (Å²) < 4.78 is 36.3. The number of aromatic nitrogens is 2. The van der Waals surface area contributed by atoms with Crippen LogP contribution in [0, 0.1) is 0 Å². The van der Waals surface area contributed by atoms with Crippen molar-refractivity contribution in [2.75, 3.05) is 0 Å². The van der Waals surface area contributed by atoms with Crippen molar-refractivity contribution in [1.29, 1.82) is 0 Å². The number of rotatable bonds is 3. The van der Waals surface area contributed by atoms with Gasteiger partial charge in [0, 0.05) is 6.20 Å². The van der Waals surface area contributed by atoms with Gasteiger partial charge in [-0.3, -0.25) is 4.79 Å². The van der Waals surface area contributed by atoms with Gasteiger partial charge in [-0.2, -0.15) is 13.2 Å². The second-order valence-electron chi connectivity index (χ2n) is 2.72. The van der Waals surface area contributed by atoms with E-state index in [1.165, 1.54) is 0 Å². The zero-order valence-corrected chi connectivity index (χ0v) is 6.95. The highest BCUT2D eigenvalue weighted by atomic mass is 19.4. The SMILES string of the molecule is O=C(O)Cc1cn(CC(F)(F)F)cn1. The molecule has 0 aliphatic heterocycles. The second-order valence-corrected chi connectivity index (χ2v) is 2.72. The van der Waals surface area contributed by atoms with Crippen molar-refractivity contribution >= 4 is 5.97 Å². The lowest BCUT2D eigenvalue weighted by molar-refractivity contribution is -0.140. The van der Waals surface area contributed by atoms with E-state index in [1.807, 2.05) is 0 Å². The Labute approximate surface area is 77.0 Å². The Morgan fingerprint density at radius 3 is 2.71 bits per heavy atom. The predicted molar refractivity (Wildman–Crippen MR) is 39.6 cm³/mol. The number of alkyl halides is 3. The summed E-state index contributed by atoms with van der Waals surface area (Å²) in [7, 11) is 0. The number of imidazole rings is 1. The number of halogens is 3. The fourth-order valence-corrected chi connectivity index (χ4v) is 0.946. The molecule has 0 unspecified atom stereocenters. The van der Waals surface area contributed by atoms with Gasteiger partial charge in [0.1, 0.15) is 6.54 Å². The minimum Gasteiger partial charge on any atom is -0.481 e. The van der Waals surface area contributed by atoms with Gasteiger partial charge in [-0.15, -0.1) is 0 Å². The summed E-state index contributed by atoms with van der Waals surface area (Å²) in [5.41, 5.74) is 0.113. The first-order chi connectivity index (χ1) is 6.37. The molecule has 0 aliphatic carbocycles. The molecule has 0 spiro atoms. The monoisotopic (exact) mass is 208 g/mol. The Morgan fingerprint density at radius 1 is 1.57 bits per heavy atom. The molecule has 0 radical (unpaired) electrons. The van der Waals surface area contributed by atoms with Crippen molar-refractivity contribution in [2.45, 2.75) is 19.1 Å². The molecule has 1 rings (SSSR count). The van der Waals surface area contributed by atoms with E-state index in [2.05, 4.69) is 4.98 Å². The molecule has 4 nitrogen and oxygen atoms in total. The van der Waals surface area contributed by atoms with Gasteiger partial charge in [0.05, 0.1) is 18.4 Å². The van der Waals surface area contributed by atoms with Crippen molar-refractivity contribution in [2.24, 2.45) is 0 Å². The van der Waals surface area contributed by atoms with Crippen LogP contribution in [0.4, 0.5) is 13.2 Å². The van der Waals surface area contributed by atoms with Crippen molar-refractivity contribution in [3.63, 3.8) is 0 Å². The van der Waals surface area contributed by atoms with Gasteiger partial charge >= 0.3 is 12.1 Å². The van der Waals surface area contributed by atoms with Gasteiger partial charge in [-0.25, -0.2) is 4.98 Å². The summed E-state index contributed by atoms with van der Waals surface area (Å²) in [4.78, 5) is 13.7. The molecule has 1 aromatic rings. The number of carboxylic acids is 1. The van der Waals surface area contributed by atoms with E-state index < -0.39 is 18.7 Å². The lowest BCUT2D eigenvalue weighted by atomic mass is 10.3. The Morgan fingerprint density at radius 2 is 2.21 bits per heavy atom. The molecule has 1 N–H and O–H groups in total. The molecular formula is C7H7F3N2O2. The maximum atomic E-state index is 11.8. The van der Waals surface area contributed by atoms with Gasteiger partial charge in [-0.1, -0.05) is 0 Å². The highest BCUT2D eigenvalue weighted by Gasteiger charge is 2.27. The fraction of sp³-hybridized carbons (Fsp3) is 0.429. The van der Waals surface area contributed by atoms with E-state index in [0.717, 1.165) is 17.1 Å². The summed E-state index contributed by atoms with van der Waals surface area (Å²) in [6.07, 6.45) is -2.65. The number of nitrogens with zero attached hydrogens (tertiary/aromatic N) is 2. The molecule has 0 aromatic carbocycles. The Bertz CT molecular complexity index is 332. The zero-order valence-electron chi connectivity index (χ0n) is 6.95. The number of carboxylic acid groups (broad SMARTS) is 1. The summed E-state index contributed by atoms with van der Waals surface area (Å²) >= 11 is 0. The third-order valence-electron chi connectivity index (χ3n) is 1.38. The van der Waals surface area contributed by atoms with Crippen LogP contribution in [0.3, 0.4) is 0 Å². The highest BCUT2D eigenvalue weighted by molar-refractivity contribution is 5.69. The Hall–Kier alpha value is -1.53. The normalized spacial score (nSPS) is 11.6. The van der Waals surface area contributed by atoms with Gasteiger partial charge in [-0.05, 0) is 0 Å². The molecule has 0 bridgehead atoms. The molecule has 0 atom stereocenters. The average molecular weight is 208 g/mol. The smallest absolute Gasteiger partial charge is 0.406 e. The van der Waals surface area contributed by atoms with Crippen LogP contribution < -0.4 is 0 Å². The third-order valence-corrected chi connectivity index (χ3v) is 1.38. The van der Waals surface area contributed by atoms with E-state index in [1.54, 1.807) is 0 Å². The zero-order chi connectivity index (χ0) is 10.8. The van der Waals surface area contributed by atoms with Crippen molar-refractivity contribution in [3.8, 4) is 0 Å². The van der Waals surface area contributed by atoms with Crippen LogP contribution in [0.2, 0.25) is 0 Å². The molecule has 1 aromatic heterocycles. The first-order valence-corrected chi connectivity index (χ1v) is 3.66. The van der Waals surface area contributed by atoms with Crippen molar-refractivity contribution < 1.29 is 23.1 Å². The highest BCUT2D eigenvalue weighted by Crippen LogP contribution is 2.17. The van der Waals surface area contributed by atoms with E-state index in [4.69, 9.17) is 5.11 Å². The lowest BCUT2D eigenvalue weighted by Gasteiger charge is -2.05. The summed E-state index contributed by atoms with van der Waals surface area (Å²) in [5.74, 6) is -1.12. The molecule has 7 heteroatoms. The molecule has 0 saturated heterocycles. The minimum atomic E-state index is -4.32. The first kappa shape index (κ1) is 10.6. The lowest BCUT2D eigenvalue weighted by Crippen LogP contribution is -2.16. The second kappa shape index (κ2) is 3.69. The molecule has 0 fully saturated rings. The molecule has 0 amide bonds. The van der Waals surface area contributed by atoms with E-state index in [-0.39, 0.29) is 12.1 Å². The molecule has 1 heterocycles. The first-order valence-electron chi connectivity index (χ1n) is 3.66. The standard InChI is InChI=1S/C7H7F3N2O2/c8-7(9,10)3-12-2-5(11-4-12)1-6(13)14/h2,4H,1,3H2,(H,13,14). The van der Waals surface area contributed by atoms with Gasteiger partial charge in [0.2, 0.25) is 0 Å². The van der Waals surface area contributed by atoms with Gasteiger partial charge in [0.25, 0.3) is 0 Å². The van der Waals surface area contributed by atoms with E-state index in [0.29, 0.717) is 0 Å². The van der Waals surface area contributed by atoms with Crippen LogP contribution in [0.25, 0.3) is 0 Å². The van der Waals surface area contributed by atoms with Crippen LogP contribution in [0.15, 0.2) is 12.5 Å². The molecule has 14 heavy (non-hydrogen) atoms. The van der Waals surface area contributed by atoms with Crippen LogP contribution >= 0.6 is 0 Å². The predicted octanol–water partition coefficient (Wildman–Crippen LogP) is 1.07. The number of aliphatic carboxylic acids is 1. The maximum Gasteiger partial charge on any atom is 0.406 e. The van der Waals surface area contributed by atoms with Crippen LogP contribution in [0.5, 0.6) is 0 Å². The van der Waals surface area contributed by atoms with Crippen LogP contribution in [-0.4, -0.2) is 26.8 Å². The maximum absolute atomic E-state index is 11.8. The van der Waals surface area contributed by atoms with E-state index in [9.17, 15) is 18.0 Å². The van der Waals surface area contributed by atoms with Crippen molar-refractivity contribution in [1.82, 2.24) is 9.55 Å². The summed E-state index contributed by atoms with van der Waals surface area (Å²) in [6.45, 7) is -1.15. The van der Waals surface area contributed by atoms with Crippen LogP contribution in [0.1, 0.15) is 5.69 Å². The molecule has 0 saturated carbocycles. The number of hydrogen-bond acceptors (Lipinski definition) is 2. The molecule has 78 valence electrons. The van der Waals surface area contributed by atoms with Crippen LogP contribution in [-0.2, 0) is 17.8 Å². The minimum absolute atomic E-state index is 0.113. The number of carbonyl (C=O) groups is 1. The topological polar surface area (TPSA) is 55.1 Å². The fourth-order valence-electron chi connectivity index (χ4n) is 0.946. The van der Waals surface area contributed by atoms with Gasteiger partial charge < -0.3 is 9.67 Å². The quantitative estimate of drug-likeness (QED) is 0.808.